The Kier molecular flexibility index (Phi) is 3.81. The van der Waals surface area contributed by atoms with Gasteiger partial charge in [-0.3, -0.25) is 0 Å². The van der Waals surface area contributed by atoms with Crippen LogP contribution in [0.2, 0.25) is 14.8 Å². The van der Waals surface area contributed by atoms with Crippen LogP contribution in [-0.4, -0.2) is 38.0 Å². The molecule has 1 aromatic heterocycles. The average Bonchev–Trinajstić information content (AvgIpc) is 2.00. The van der Waals surface area contributed by atoms with E-state index in [-0.39, 0.29) is 5.75 Å². The molecule has 0 aliphatic rings. The molecule has 0 spiro atoms. The zero-order valence-electron chi connectivity index (χ0n) is 9.61. The van der Waals surface area contributed by atoms with Gasteiger partial charge in [-0.2, -0.15) is 0 Å². The van der Waals surface area contributed by atoms with Crippen molar-refractivity contribution in [3.05, 3.63) is 24.0 Å². The Balaban J connectivity index is 2.91. The summed E-state index contributed by atoms with van der Waals surface area (Å²) in [6.45, 7) is 0. The van der Waals surface area contributed by atoms with E-state index >= 15 is 0 Å². The Bertz CT molecular complexity index is 431. The number of hydrogen-bond donors (Lipinski definition) is 0. The number of nitrogens with zero attached hydrogens (tertiary/aromatic N) is 1. The molecule has 0 bridgehead atoms. The summed E-state index contributed by atoms with van der Waals surface area (Å²) in [7, 11) is -2.97. The van der Waals surface area contributed by atoms with E-state index in [4.69, 9.17) is 0 Å². The Hall–Kier alpha value is -0.101. The topological polar surface area (TPSA) is 47.0 Å². The summed E-state index contributed by atoms with van der Waals surface area (Å²) in [6, 6.07) is 3.86. The number of pyridine rings is 1. The molecule has 1 aromatic rings. The van der Waals surface area contributed by atoms with Crippen LogP contribution >= 0.6 is 0 Å². The third-order valence-corrected chi connectivity index (χ3v) is 8.71. The van der Waals surface area contributed by atoms with Crippen molar-refractivity contribution in [2.24, 2.45) is 0 Å². The van der Waals surface area contributed by atoms with Crippen molar-refractivity contribution in [1.29, 1.82) is 0 Å². The Morgan fingerprint density at radius 1 is 1.27 bits per heavy atom. The molecule has 0 aliphatic heterocycles. The van der Waals surface area contributed by atoms with E-state index in [0.29, 0.717) is 5.69 Å². The van der Waals surface area contributed by atoms with E-state index in [1.807, 2.05) is 18.3 Å². The second-order valence-corrected chi connectivity index (χ2v) is 21.5. The van der Waals surface area contributed by atoms with Crippen LogP contribution in [0.4, 0.5) is 0 Å². The molecule has 0 saturated carbocycles. The predicted molar refractivity (Wildman–Crippen MR) is 65.8 cm³/mol. The van der Waals surface area contributed by atoms with Gasteiger partial charge in [0.1, 0.15) is 0 Å². The SMILES string of the molecule is CS(=O)(=O)Cc1cc[c]([Sn]([CH3])([CH3])[CH3])cn1. The number of aromatic nitrogens is 1. The van der Waals surface area contributed by atoms with Crippen LogP contribution in [-0.2, 0) is 15.6 Å². The molecule has 84 valence electrons. The summed E-state index contributed by atoms with van der Waals surface area (Å²) in [5.41, 5.74) is 0.636. The van der Waals surface area contributed by atoms with Crippen molar-refractivity contribution in [2.75, 3.05) is 6.26 Å². The minimum atomic E-state index is -2.97. The molecule has 0 unspecified atom stereocenters. The molecule has 0 N–H and O–H groups in total. The fourth-order valence-electron chi connectivity index (χ4n) is 1.22. The van der Waals surface area contributed by atoms with Crippen LogP contribution in [0.25, 0.3) is 0 Å². The third kappa shape index (κ3) is 4.51. The molecule has 0 aromatic carbocycles. The molecule has 0 atom stereocenters. The first-order valence-corrected chi connectivity index (χ1v) is 16.9. The molecule has 1 heterocycles. The van der Waals surface area contributed by atoms with Crippen molar-refractivity contribution in [3.63, 3.8) is 0 Å². The summed E-state index contributed by atoms with van der Waals surface area (Å²) in [6.07, 6.45) is 3.07. The first kappa shape index (κ1) is 13.0. The normalized spacial score (nSPS) is 12.8. The van der Waals surface area contributed by atoms with Gasteiger partial charge >= 0.3 is 96.0 Å². The summed E-state index contributed by atoms with van der Waals surface area (Å²) >= 11 is -2.03. The third-order valence-electron chi connectivity index (χ3n) is 2.10. The number of sulfone groups is 1. The molecule has 0 aliphatic carbocycles. The molecule has 5 heteroatoms. The summed E-state index contributed by atoms with van der Waals surface area (Å²) in [5, 5.41) is 0. The van der Waals surface area contributed by atoms with Crippen LogP contribution in [0.1, 0.15) is 5.69 Å². The maximum absolute atomic E-state index is 11.1. The van der Waals surface area contributed by atoms with Crippen molar-refractivity contribution in [3.8, 4) is 0 Å². The van der Waals surface area contributed by atoms with Crippen molar-refractivity contribution in [1.82, 2.24) is 4.98 Å². The second-order valence-electron chi connectivity index (χ2n) is 4.86. The van der Waals surface area contributed by atoms with Gasteiger partial charge in [0, 0.05) is 0 Å². The molecule has 15 heavy (non-hydrogen) atoms. The summed E-state index contributed by atoms with van der Waals surface area (Å²) < 4.78 is 23.4. The first-order valence-electron chi connectivity index (χ1n) is 4.81. The van der Waals surface area contributed by atoms with Gasteiger partial charge in [-0.25, -0.2) is 0 Å². The molecule has 0 saturated heterocycles. The summed E-state index contributed by atoms with van der Waals surface area (Å²) in [4.78, 5) is 11.1. The molecule has 0 radical (unpaired) electrons. The van der Waals surface area contributed by atoms with E-state index in [9.17, 15) is 8.42 Å². The quantitative estimate of drug-likeness (QED) is 0.780. The van der Waals surface area contributed by atoms with Gasteiger partial charge in [0.15, 0.2) is 0 Å². The van der Waals surface area contributed by atoms with Crippen LogP contribution in [0.3, 0.4) is 0 Å². The van der Waals surface area contributed by atoms with E-state index in [2.05, 4.69) is 19.8 Å². The van der Waals surface area contributed by atoms with Gasteiger partial charge in [0.2, 0.25) is 0 Å². The van der Waals surface area contributed by atoms with E-state index in [0.717, 1.165) is 0 Å². The Morgan fingerprint density at radius 3 is 2.20 bits per heavy atom. The van der Waals surface area contributed by atoms with Crippen molar-refractivity contribution in [2.45, 2.75) is 20.6 Å². The molecule has 3 nitrogen and oxygen atoms in total. The zero-order valence-corrected chi connectivity index (χ0v) is 13.3. The number of hydrogen-bond acceptors (Lipinski definition) is 3. The molecule has 0 fully saturated rings. The van der Waals surface area contributed by atoms with Crippen LogP contribution in [0.5, 0.6) is 0 Å². The van der Waals surface area contributed by atoms with Crippen LogP contribution < -0.4 is 3.58 Å². The van der Waals surface area contributed by atoms with Gasteiger partial charge in [0.05, 0.1) is 0 Å². The van der Waals surface area contributed by atoms with Gasteiger partial charge in [0.25, 0.3) is 0 Å². The van der Waals surface area contributed by atoms with E-state index in [1.54, 1.807) is 0 Å². The fraction of sp³-hybridized carbons (Fsp3) is 0.500. The molecular formula is C10H17NO2SSn. The standard InChI is InChI=1S/C7H8NO2S.3CH3.Sn/c1-11(9,10)6-7-4-2-3-5-8-7;;;;/h2,4-5H,6H2,1H3;3*1H3;. The number of rotatable bonds is 3. The first-order chi connectivity index (χ1) is 6.68. The fourth-order valence-corrected chi connectivity index (χ4v) is 4.88. The molecular weight excluding hydrogens is 317 g/mol. The zero-order chi connectivity index (χ0) is 11.7. The van der Waals surface area contributed by atoms with Crippen molar-refractivity contribution < 1.29 is 8.42 Å². The maximum atomic E-state index is 11.1. The van der Waals surface area contributed by atoms with E-state index in [1.165, 1.54) is 9.84 Å². The minimum absolute atomic E-state index is 0.0347. The van der Waals surface area contributed by atoms with Crippen molar-refractivity contribution >= 4 is 31.8 Å². The molecule has 1 rings (SSSR count). The van der Waals surface area contributed by atoms with Gasteiger partial charge in [-0.05, 0) is 0 Å². The van der Waals surface area contributed by atoms with Crippen LogP contribution in [0, 0.1) is 0 Å². The van der Waals surface area contributed by atoms with Gasteiger partial charge in [-0.1, -0.05) is 0 Å². The molecule has 0 amide bonds. The van der Waals surface area contributed by atoms with Crippen LogP contribution in [0.15, 0.2) is 18.3 Å². The van der Waals surface area contributed by atoms with Gasteiger partial charge in [-0.15, -0.1) is 0 Å². The monoisotopic (exact) mass is 335 g/mol. The van der Waals surface area contributed by atoms with E-state index < -0.39 is 28.2 Å². The van der Waals surface area contributed by atoms with Gasteiger partial charge < -0.3 is 0 Å². The predicted octanol–water partition coefficient (Wildman–Crippen LogP) is 1.17. The summed E-state index contributed by atoms with van der Waals surface area (Å²) in [5.74, 6) is 0.0347. The Morgan fingerprint density at radius 2 is 1.87 bits per heavy atom. The second kappa shape index (κ2) is 4.41. The Labute approximate surface area is 95.7 Å². The average molecular weight is 334 g/mol.